The lowest BCUT2D eigenvalue weighted by atomic mass is 9.96. The zero-order chi connectivity index (χ0) is 10.5. The molecule has 15 heavy (non-hydrogen) atoms. The van der Waals surface area contributed by atoms with E-state index >= 15 is 0 Å². The van der Waals surface area contributed by atoms with Crippen LogP contribution < -0.4 is 5.32 Å². The summed E-state index contributed by atoms with van der Waals surface area (Å²) in [5.41, 5.74) is 0. The Hall–Kier alpha value is -0.0900. The molecule has 0 amide bonds. The van der Waals surface area contributed by atoms with E-state index in [9.17, 15) is 0 Å². The van der Waals surface area contributed by atoms with Gasteiger partial charge in [-0.15, -0.1) is 11.3 Å². The van der Waals surface area contributed by atoms with Crippen LogP contribution in [0.4, 0.5) is 0 Å². The molecule has 0 spiro atoms. The minimum atomic E-state index is 0.544. The summed E-state index contributed by atoms with van der Waals surface area (Å²) in [5, 5.41) is 3.35. The molecule has 1 fully saturated rings. The van der Waals surface area contributed by atoms with Gasteiger partial charge in [-0.1, -0.05) is 11.6 Å². The maximum absolute atomic E-state index is 5.83. The van der Waals surface area contributed by atoms with Crippen molar-refractivity contribution in [2.45, 2.75) is 31.9 Å². The first kappa shape index (κ1) is 11.4. The molecule has 84 valence electrons. The molecule has 0 unspecified atom stereocenters. The predicted molar refractivity (Wildman–Crippen MR) is 64.6 cm³/mol. The zero-order valence-corrected chi connectivity index (χ0v) is 10.2. The summed E-state index contributed by atoms with van der Waals surface area (Å²) in [5.74, 6) is 0. The van der Waals surface area contributed by atoms with Crippen molar-refractivity contribution in [2.75, 3.05) is 13.2 Å². The smallest absolute Gasteiger partial charge is 0.0931 e. The molecule has 0 radical (unpaired) electrons. The number of ether oxygens (including phenoxy) is 1. The van der Waals surface area contributed by atoms with E-state index < -0.39 is 0 Å². The fraction of sp³-hybridized carbons (Fsp3) is 0.636. The Labute approximate surface area is 99.6 Å². The van der Waals surface area contributed by atoms with Gasteiger partial charge >= 0.3 is 0 Å². The second-order valence-electron chi connectivity index (χ2n) is 3.81. The number of thiophene rings is 1. The Kier molecular flexibility index (Phi) is 4.44. The first-order chi connectivity index (χ1) is 7.34. The Morgan fingerprint density at radius 1 is 1.47 bits per heavy atom. The van der Waals surface area contributed by atoms with Gasteiger partial charge < -0.3 is 10.1 Å². The van der Waals surface area contributed by atoms with Gasteiger partial charge in [0.05, 0.1) is 17.0 Å². The Bertz CT molecular complexity index is 299. The van der Waals surface area contributed by atoms with Gasteiger partial charge in [0.25, 0.3) is 0 Å². The molecule has 0 aromatic carbocycles. The summed E-state index contributed by atoms with van der Waals surface area (Å²) in [6.45, 7) is 2.64. The van der Waals surface area contributed by atoms with Crippen LogP contribution in [-0.2, 0) is 11.3 Å². The third-order valence-electron chi connectivity index (χ3n) is 2.61. The molecule has 1 saturated carbocycles. The molecule has 0 bridgehead atoms. The van der Waals surface area contributed by atoms with Crippen LogP contribution in [0.2, 0.25) is 4.34 Å². The van der Waals surface area contributed by atoms with Crippen LogP contribution in [0.15, 0.2) is 12.1 Å². The van der Waals surface area contributed by atoms with E-state index in [1.807, 2.05) is 6.07 Å². The summed E-state index contributed by atoms with van der Waals surface area (Å²) >= 11 is 7.46. The second kappa shape index (κ2) is 5.85. The van der Waals surface area contributed by atoms with Crippen molar-refractivity contribution >= 4 is 22.9 Å². The second-order valence-corrected chi connectivity index (χ2v) is 5.61. The average Bonchev–Trinajstić information content (AvgIpc) is 2.54. The molecular weight excluding hydrogens is 230 g/mol. The van der Waals surface area contributed by atoms with Gasteiger partial charge in [-0.2, -0.15) is 0 Å². The highest BCUT2D eigenvalue weighted by molar-refractivity contribution is 7.16. The van der Waals surface area contributed by atoms with Crippen molar-refractivity contribution in [3.63, 3.8) is 0 Å². The van der Waals surface area contributed by atoms with Gasteiger partial charge in [-0.3, -0.25) is 0 Å². The molecular formula is C11H16ClNOS. The number of hydrogen-bond acceptors (Lipinski definition) is 3. The standard InChI is InChI=1S/C11H16ClNOS/c12-11-5-4-10(15-11)8-13-6-7-14-9-2-1-3-9/h4-5,9,13H,1-3,6-8H2. The van der Waals surface area contributed by atoms with Gasteiger partial charge in [-0.05, 0) is 31.4 Å². The third-order valence-corrected chi connectivity index (χ3v) is 3.84. The summed E-state index contributed by atoms with van der Waals surface area (Å²) in [6, 6.07) is 4.00. The summed E-state index contributed by atoms with van der Waals surface area (Å²) < 4.78 is 6.49. The molecule has 0 atom stereocenters. The lowest BCUT2D eigenvalue weighted by molar-refractivity contribution is 0.00421. The lowest BCUT2D eigenvalue weighted by Crippen LogP contribution is -2.26. The van der Waals surface area contributed by atoms with Crippen molar-refractivity contribution in [3.8, 4) is 0 Å². The van der Waals surface area contributed by atoms with Crippen LogP contribution >= 0.6 is 22.9 Å². The van der Waals surface area contributed by atoms with E-state index in [2.05, 4.69) is 11.4 Å². The highest BCUT2D eigenvalue weighted by atomic mass is 35.5. The minimum Gasteiger partial charge on any atom is -0.377 e. The Morgan fingerprint density at radius 3 is 2.93 bits per heavy atom. The van der Waals surface area contributed by atoms with E-state index in [1.165, 1.54) is 24.1 Å². The molecule has 1 aromatic heterocycles. The molecule has 1 N–H and O–H groups in total. The van der Waals surface area contributed by atoms with Crippen LogP contribution in [0.1, 0.15) is 24.1 Å². The largest absolute Gasteiger partial charge is 0.377 e. The van der Waals surface area contributed by atoms with Gasteiger partial charge in [0.2, 0.25) is 0 Å². The lowest BCUT2D eigenvalue weighted by Gasteiger charge is -2.25. The normalized spacial score (nSPS) is 16.6. The fourth-order valence-corrected chi connectivity index (χ4v) is 2.55. The number of nitrogens with one attached hydrogen (secondary N) is 1. The molecule has 1 heterocycles. The number of halogens is 1. The maximum atomic E-state index is 5.83. The van der Waals surface area contributed by atoms with Crippen LogP contribution in [0.3, 0.4) is 0 Å². The molecule has 0 aliphatic heterocycles. The topological polar surface area (TPSA) is 21.3 Å². The highest BCUT2D eigenvalue weighted by Crippen LogP contribution is 2.22. The summed E-state index contributed by atoms with van der Waals surface area (Å²) in [7, 11) is 0. The van der Waals surface area contributed by atoms with E-state index in [0.717, 1.165) is 24.0 Å². The maximum Gasteiger partial charge on any atom is 0.0931 e. The van der Waals surface area contributed by atoms with E-state index in [4.69, 9.17) is 16.3 Å². The average molecular weight is 246 g/mol. The zero-order valence-electron chi connectivity index (χ0n) is 8.67. The van der Waals surface area contributed by atoms with E-state index in [0.29, 0.717) is 6.10 Å². The van der Waals surface area contributed by atoms with Crippen LogP contribution in [0, 0.1) is 0 Å². The van der Waals surface area contributed by atoms with E-state index in [-0.39, 0.29) is 0 Å². The van der Waals surface area contributed by atoms with Crippen molar-refractivity contribution in [2.24, 2.45) is 0 Å². The minimum absolute atomic E-state index is 0.544. The van der Waals surface area contributed by atoms with Gasteiger partial charge in [0.1, 0.15) is 0 Å². The third kappa shape index (κ3) is 3.76. The van der Waals surface area contributed by atoms with Gasteiger partial charge in [0.15, 0.2) is 0 Å². The summed E-state index contributed by atoms with van der Waals surface area (Å²) in [4.78, 5) is 1.28. The van der Waals surface area contributed by atoms with Crippen LogP contribution in [0.25, 0.3) is 0 Å². The van der Waals surface area contributed by atoms with Crippen molar-refractivity contribution in [3.05, 3.63) is 21.3 Å². The van der Waals surface area contributed by atoms with Crippen molar-refractivity contribution in [1.82, 2.24) is 5.32 Å². The van der Waals surface area contributed by atoms with Gasteiger partial charge in [-0.25, -0.2) is 0 Å². The van der Waals surface area contributed by atoms with Crippen molar-refractivity contribution < 1.29 is 4.74 Å². The number of rotatable bonds is 6. The van der Waals surface area contributed by atoms with Crippen LogP contribution in [0.5, 0.6) is 0 Å². The Balaban J connectivity index is 1.51. The highest BCUT2D eigenvalue weighted by Gasteiger charge is 2.16. The SMILES string of the molecule is Clc1ccc(CNCCOC2CCC2)s1. The first-order valence-electron chi connectivity index (χ1n) is 5.41. The molecule has 0 saturated heterocycles. The molecule has 4 heteroatoms. The fourth-order valence-electron chi connectivity index (χ4n) is 1.49. The predicted octanol–water partition coefficient (Wildman–Crippen LogP) is 3.06. The molecule has 1 aliphatic rings. The Morgan fingerprint density at radius 2 is 2.33 bits per heavy atom. The first-order valence-corrected chi connectivity index (χ1v) is 6.60. The van der Waals surface area contributed by atoms with Gasteiger partial charge in [0, 0.05) is 18.0 Å². The van der Waals surface area contributed by atoms with Crippen molar-refractivity contribution in [1.29, 1.82) is 0 Å². The molecule has 1 aromatic rings. The molecule has 1 aliphatic carbocycles. The quantitative estimate of drug-likeness (QED) is 0.778. The van der Waals surface area contributed by atoms with Crippen LogP contribution in [-0.4, -0.2) is 19.3 Å². The van der Waals surface area contributed by atoms with E-state index in [1.54, 1.807) is 11.3 Å². The molecule has 2 nitrogen and oxygen atoms in total. The number of hydrogen-bond donors (Lipinski definition) is 1. The molecule has 2 rings (SSSR count). The monoisotopic (exact) mass is 245 g/mol. The summed E-state index contributed by atoms with van der Waals surface area (Å²) in [6.07, 6.45) is 4.38.